The Morgan fingerprint density at radius 1 is 1.09 bits per heavy atom. The van der Waals surface area contributed by atoms with Gasteiger partial charge in [0.15, 0.2) is 6.61 Å². The standard InChI is InChI=1S/C24H30ClN3O5S/c25-22-16-21(34(30,31)28-11-8-19-4-1-2-5-20(19)17-28)6-7-23(22)33-18-24(29)26-9-3-10-27-12-14-32-15-13-27/h1-2,4-7,16H,3,8-15,17-18H2,(H,26,29). The molecular formula is C24H30ClN3O5S. The maximum Gasteiger partial charge on any atom is 0.257 e. The van der Waals surface area contributed by atoms with Crippen LogP contribution in [0.4, 0.5) is 0 Å². The maximum absolute atomic E-state index is 13.1. The lowest BCUT2D eigenvalue weighted by molar-refractivity contribution is -0.123. The summed E-state index contributed by atoms with van der Waals surface area (Å²) in [5.74, 6) is 0.0230. The summed E-state index contributed by atoms with van der Waals surface area (Å²) in [6.45, 7) is 5.39. The van der Waals surface area contributed by atoms with Gasteiger partial charge in [0.1, 0.15) is 5.75 Å². The summed E-state index contributed by atoms with van der Waals surface area (Å²) < 4.78 is 38.6. The van der Waals surface area contributed by atoms with Gasteiger partial charge in [0.05, 0.1) is 23.1 Å². The topological polar surface area (TPSA) is 88.2 Å². The van der Waals surface area contributed by atoms with E-state index in [1.165, 1.54) is 28.1 Å². The Morgan fingerprint density at radius 2 is 1.85 bits per heavy atom. The average Bonchev–Trinajstić information content (AvgIpc) is 2.86. The van der Waals surface area contributed by atoms with Crippen LogP contribution in [0.15, 0.2) is 47.4 Å². The van der Waals surface area contributed by atoms with E-state index < -0.39 is 10.0 Å². The van der Waals surface area contributed by atoms with E-state index in [0.29, 0.717) is 26.1 Å². The molecule has 0 aliphatic carbocycles. The minimum absolute atomic E-state index is 0.108. The highest BCUT2D eigenvalue weighted by molar-refractivity contribution is 7.89. The molecule has 10 heteroatoms. The van der Waals surface area contributed by atoms with Crippen LogP contribution in [0.5, 0.6) is 5.75 Å². The van der Waals surface area contributed by atoms with Gasteiger partial charge in [-0.25, -0.2) is 8.42 Å². The predicted molar refractivity (Wildman–Crippen MR) is 130 cm³/mol. The van der Waals surface area contributed by atoms with Crippen molar-refractivity contribution in [2.45, 2.75) is 24.3 Å². The number of nitrogens with one attached hydrogen (secondary N) is 1. The number of carbonyl (C=O) groups is 1. The molecule has 8 nitrogen and oxygen atoms in total. The molecule has 2 aromatic rings. The average molecular weight is 508 g/mol. The molecule has 184 valence electrons. The number of nitrogens with zero attached hydrogens (tertiary/aromatic N) is 2. The highest BCUT2D eigenvalue weighted by Gasteiger charge is 2.28. The van der Waals surface area contributed by atoms with E-state index in [9.17, 15) is 13.2 Å². The number of rotatable bonds is 9. The number of halogens is 1. The summed E-state index contributed by atoms with van der Waals surface area (Å²) in [4.78, 5) is 14.5. The first-order valence-electron chi connectivity index (χ1n) is 11.5. The molecule has 2 aliphatic rings. The molecule has 2 aromatic carbocycles. The van der Waals surface area contributed by atoms with Gasteiger partial charge >= 0.3 is 0 Å². The van der Waals surface area contributed by atoms with Crippen molar-refractivity contribution in [1.29, 1.82) is 0 Å². The van der Waals surface area contributed by atoms with E-state index >= 15 is 0 Å². The Morgan fingerprint density at radius 3 is 2.62 bits per heavy atom. The van der Waals surface area contributed by atoms with Crippen molar-refractivity contribution in [1.82, 2.24) is 14.5 Å². The number of hydrogen-bond donors (Lipinski definition) is 1. The fourth-order valence-electron chi connectivity index (χ4n) is 4.13. The lowest BCUT2D eigenvalue weighted by atomic mass is 10.0. The summed E-state index contributed by atoms with van der Waals surface area (Å²) in [5.41, 5.74) is 2.19. The molecule has 1 N–H and O–H groups in total. The summed E-state index contributed by atoms with van der Waals surface area (Å²) in [5, 5.41) is 2.98. The Kier molecular flexibility index (Phi) is 8.44. The third-order valence-corrected chi connectivity index (χ3v) is 8.21. The Bertz CT molecular complexity index is 1110. The van der Waals surface area contributed by atoms with Gasteiger partial charge in [-0.3, -0.25) is 9.69 Å². The minimum Gasteiger partial charge on any atom is -0.482 e. The molecule has 1 fully saturated rings. The van der Waals surface area contributed by atoms with Gasteiger partial charge in [0.25, 0.3) is 5.91 Å². The Hall–Kier alpha value is -2.17. The van der Waals surface area contributed by atoms with Crippen LogP contribution in [0.3, 0.4) is 0 Å². The molecule has 0 radical (unpaired) electrons. The number of hydrogen-bond acceptors (Lipinski definition) is 6. The number of amides is 1. The van der Waals surface area contributed by atoms with Gasteiger partial charge in [0, 0.05) is 32.7 Å². The van der Waals surface area contributed by atoms with Crippen LogP contribution in [0.1, 0.15) is 17.5 Å². The second-order valence-corrected chi connectivity index (χ2v) is 10.7. The Labute approximate surface area is 205 Å². The molecule has 4 rings (SSSR count). The summed E-state index contributed by atoms with van der Waals surface area (Å²) in [6, 6.07) is 12.2. The summed E-state index contributed by atoms with van der Waals surface area (Å²) in [6.07, 6.45) is 1.52. The van der Waals surface area contributed by atoms with Crippen LogP contribution < -0.4 is 10.1 Å². The van der Waals surface area contributed by atoms with E-state index in [1.54, 1.807) is 0 Å². The van der Waals surface area contributed by atoms with E-state index in [-0.39, 0.29) is 28.2 Å². The fraction of sp³-hybridized carbons (Fsp3) is 0.458. The number of benzene rings is 2. The first-order valence-corrected chi connectivity index (χ1v) is 13.3. The van der Waals surface area contributed by atoms with Gasteiger partial charge < -0.3 is 14.8 Å². The maximum atomic E-state index is 13.1. The monoisotopic (exact) mass is 507 g/mol. The zero-order valence-electron chi connectivity index (χ0n) is 19.0. The molecule has 34 heavy (non-hydrogen) atoms. The molecule has 2 heterocycles. The molecule has 1 saturated heterocycles. The number of morpholine rings is 1. The molecular weight excluding hydrogens is 478 g/mol. The lowest BCUT2D eigenvalue weighted by Gasteiger charge is -2.28. The molecule has 1 amide bonds. The van der Waals surface area contributed by atoms with E-state index in [2.05, 4.69) is 10.2 Å². The van der Waals surface area contributed by atoms with Crippen molar-refractivity contribution in [2.24, 2.45) is 0 Å². The molecule has 2 aliphatic heterocycles. The summed E-state index contributed by atoms with van der Waals surface area (Å²) in [7, 11) is -3.70. The van der Waals surface area contributed by atoms with Crippen LogP contribution in [-0.4, -0.2) is 76.1 Å². The van der Waals surface area contributed by atoms with Gasteiger partial charge in [-0.2, -0.15) is 4.31 Å². The minimum atomic E-state index is -3.70. The molecule has 0 bridgehead atoms. The van der Waals surface area contributed by atoms with Crippen molar-refractivity contribution in [2.75, 3.05) is 52.5 Å². The van der Waals surface area contributed by atoms with Crippen molar-refractivity contribution < 1.29 is 22.7 Å². The first-order chi connectivity index (χ1) is 16.4. The molecule has 0 spiro atoms. The van der Waals surface area contributed by atoms with Crippen LogP contribution >= 0.6 is 11.6 Å². The molecule has 0 unspecified atom stereocenters. The molecule has 0 saturated carbocycles. The van der Waals surface area contributed by atoms with Crippen LogP contribution in [-0.2, 0) is 32.5 Å². The zero-order chi connectivity index (χ0) is 24.0. The van der Waals surface area contributed by atoms with E-state index in [1.807, 2.05) is 24.3 Å². The normalized spacial score (nSPS) is 17.2. The smallest absolute Gasteiger partial charge is 0.257 e. The van der Waals surface area contributed by atoms with Crippen LogP contribution in [0.25, 0.3) is 0 Å². The molecule has 0 aromatic heterocycles. The number of sulfonamides is 1. The second kappa shape index (κ2) is 11.5. The predicted octanol–water partition coefficient (Wildman–Crippen LogP) is 2.30. The van der Waals surface area contributed by atoms with Gasteiger partial charge in [-0.1, -0.05) is 35.9 Å². The molecule has 0 atom stereocenters. The Balaban J connectivity index is 1.27. The van der Waals surface area contributed by atoms with E-state index in [0.717, 1.165) is 44.8 Å². The highest BCUT2D eigenvalue weighted by atomic mass is 35.5. The van der Waals surface area contributed by atoms with Crippen molar-refractivity contribution in [3.8, 4) is 5.75 Å². The largest absolute Gasteiger partial charge is 0.482 e. The van der Waals surface area contributed by atoms with Crippen molar-refractivity contribution >= 4 is 27.5 Å². The number of ether oxygens (including phenoxy) is 2. The fourth-order valence-corrected chi connectivity index (χ4v) is 5.88. The first kappa shape index (κ1) is 24.9. The highest BCUT2D eigenvalue weighted by Crippen LogP contribution is 2.30. The van der Waals surface area contributed by atoms with Crippen LogP contribution in [0.2, 0.25) is 5.02 Å². The van der Waals surface area contributed by atoms with Gasteiger partial charge in [-0.15, -0.1) is 0 Å². The van der Waals surface area contributed by atoms with Crippen molar-refractivity contribution in [3.05, 3.63) is 58.6 Å². The van der Waals surface area contributed by atoms with Gasteiger partial charge in [-0.05, 0) is 48.7 Å². The second-order valence-electron chi connectivity index (χ2n) is 8.40. The van der Waals surface area contributed by atoms with Crippen molar-refractivity contribution in [3.63, 3.8) is 0 Å². The third kappa shape index (κ3) is 6.28. The zero-order valence-corrected chi connectivity index (χ0v) is 20.6. The number of fused-ring (bicyclic) bond motifs is 1. The van der Waals surface area contributed by atoms with Gasteiger partial charge in [0.2, 0.25) is 10.0 Å². The van der Waals surface area contributed by atoms with E-state index in [4.69, 9.17) is 21.1 Å². The number of carbonyl (C=O) groups excluding carboxylic acids is 1. The van der Waals surface area contributed by atoms with Crippen LogP contribution in [0, 0.1) is 0 Å². The third-order valence-electron chi connectivity index (χ3n) is 6.07. The summed E-state index contributed by atoms with van der Waals surface area (Å²) >= 11 is 6.30. The lowest BCUT2D eigenvalue weighted by Crippen LogP contribution is -2.38. The quantitative estimate of drug-likeness (QED) is 0.524. The SMILES string of the molecule is O=C(COc1ccc(S(=O)(=O)N2CCc3ccccc3C2)cc1Cl)NCCCN1CCOCC1.